The third-order valence-corrected chi connectivity index (χ3v) is 1.34. The molecule has 0 unspecified atom stereocenters. The van der Waals surface area contributed by atoms with Crippen LogP contribution in [0.15, 0.2) is 0 Å². The summed E-state index contributed by atoms with van der Waals surface area (Å²) in [6, 6.07) is 0. The molecule has 62 valence electrons. The van der Waals surface area contributed by atoms with Crippen LogP contribution < -0.4 is 5.32 Å². The van der Waals surface area contributed by atoms with E-state index >= 15 is 0 Å². The summed E-state index contributed by atoms with van der Waals surface area (Å²) in [6.07, 6.45) is 2.00. The lowest BCUT2D eigenvalue weighted by Crippen LogP contribution is -2.18. The standard InChI is InChI=1S/C6H13N5/c1-2-4-7-5-3-6-8-10-11-9-6/h7H,2-5H2,1H3,(H,8,9,10,11). The smallest absolute Gasteiger partial charge is 0.175 e. The van der Waals surface area contributed by atoms with E-state index in [-0.39, 0.29) is 0 Å². The Morgan fingerprint density at radius 1 is 1.45 bits per heavy atom. The molecule has 0 saturated heterocycles. The molecule has 0 saturated carbocycles. The number of nitrogens with zero attached hydrogens (tertiary/aromatic N) is 3. The number of hydrogen-bond acceptors (Lipinski definition) is 4. The molecule has 0 aliphatic rings. The van der Waals surface area contributed by atoms with Gasteiger partial charge in [0.1, 0.15) is 0 Å². The van der Waals surface area contributed by atoms with Crippen molar-refractivity contribution in [2.45, 2.75) is 19.8 Å². The fourth-order valence-electron chi connectivity index (χ4n) is 0.790. The number of H-pyrrole nitrogens is 1. The van der Waals surface area contributed by atoms with Crippen LogP contribution in [0.4, 0.5) is 0 Å². The van der Waals surface area contributed by atoms with E-state index in [1.165, 1.54) is 0 Å². The molecular formula is C6H13N5. The molecule has 0 aromatic carbocycles. The first-order chi connectivity index (χ1) is 5.43. The molecule has 0 amide bonds. The van der Waals surface area contributed by atoms with E-state index in [0.29, 0.717) is 0 Å². The molecule has 1 aromatic rings. The van der Waals surface area contributed by atoms with Gasteiger partial charge >= 0.3 is 0 Å². The average molecular weight is 155 g/mol. The third-order valence-electron chi connectivity index (χ3n) is 1.34. The maximum Gasteiger partial charge on any atom is 0.175 e. The van der Waals surface area contributed by atoms with Crippen molar-refractivity contribution in [2.24, 2.45) is 0 Å². The number of aromatic nitrogens is 4. The molecule has 0 atom stereocenters. The van der Waals surface area contributed by atoms with Crippen LogP contribution in [0.2, 0.25) is 0 Å². The summed E-state index contributed by atoms with van der Waals surface area (Å²) >= 11 is 0. The van der Waals surface area contributed by atoms with Crippen molar-refractivity contribution < 1.29 is 0 Å². The van der Waals surface area contributed by atoms with E-state index in [4.69, 9.17) is 0 Å². The van der Waals surface area contributed by atoms with Crippen LogP contribution in [-0.4, -0.2) is 33.7 Å². The lowest BCUT2D eigenvalue weighted by atomic mass is 10.4. The van der Waals surface area contributed by atoms with Crippen LogP contribution >= 0.6 is 0 Å². The van der Waals surface area contributed by atoms with E-state index < -0.39 is 0 Å². The van der Waals surface area contributed by atoms with Gasteiger partial charge < -0.3 is 5.32 Å². The van der Waals surface area contributed by atoms with Crippen LogP contribution in [0.5, 0.6) is 0 Å². The van der Waals surface area contributed by atoms with Gasteiger partial charge in [-0.15, -0.1) is 10.2 Å². The minimum Gasteiger partial charge on any atom is -0.316 e. The highest BCUT2D eigenvalue weighted by Crippen LogP contribution is 1.82. The van der Waals surface area contributed by atoms with Crippen LogP contribution in [0.3, 0.4) is 0 Å². The highest BCUT2D eigenvalue weighted by atomic mass is 15.5. The Balaban J connectivity index is 2.04. The van der Waals surface area contributed by atoms with Crippen molar-refractivity contribution in [2.75, 3.05) is 13.1 Å². The Morgan fingerprint density at radius 2 is 2.36 bits per heavy atom. The molecule has 0 fully saturated rings. The van der Waals surface area contributed by atoms with Gasteiger partial charge in [-0.05, 0) is 13.0 Å². The van der Waals surface area contributed by atoms with Gasteiger partial charge in [0.25, 0.3) is 0 Å². The number of rotatable bonds is 5. The maximum absolute atomic E-state index is 3.83. The van der Waals surface area contributed by atoms with Crippen molar-refractivity contribution in [3.8, 4) is 0 Å². The van der Waals surface area contributed by atoms with Gasteiger partial charge in [-0.1, -0.05) is 12.1 Å². The van der Waals surface area contributed by atoms with Crippen LogP contribution in [0.1, 0.15) is 19.2 Å². The molecule has 0 radical (unpaired) electrons. The average Bonchev–Trinajstić information content (AvgIpc) is 2.50. The monoisotopic (exact) mass is 155 g/mol. The predicted octanol–water partition coefficient (Wildman–Crippen LogP) is -0.258. The third kappa shape index (κ3) is 3.08. The molecule has 2 N–H and O–H groups in total. The minimum atomic E-state index is 0.772. The largest absolute Gasteiger partial charge is 0.316 e. The molecule has 1 aromatic heterocycles. The summed E-state index contributed by atoms with van der Waals surface area (Å²) in [7, 11) is 0. The summed E-state index contributed by atoms with van der Waals surface area (Å²) in [6.45, 7) is 4.12. The maximum atomic E-state index is 3.83. The molecule has 0 bridgehead atoms. The number of tetrazole rings is 1. The molecule has 0 aliphatic heterocycles. The van der Waals surface area contributed by atoms with Crippen LogP contribution in [0.25, 0.3) is 0 Å². The van der Waals surface area contributed by atoms with Gasteiger partial charge in [-0.25, -0.2) is 0 Å². The molecule has 11 heavy (non-hydrogen) atoms. The van der Waals surface area contributed by atoms with Crippen LogP contribution in [0, 0.1) is 0 Å². The first-order valence-electron chi connectivity index (χ1n) is 3.86. The second-order valence-electron chi connectivity index (χ2n) is 2.33. The van der Waals surface area contributed by atoms with E-state index in [9.17, 15) is 0 Å². The number of nitrogens with one attached hydrogen (secondary N) is 2. The molecule has 5 nitrogen and oxygen atoms in total. The predicted molar refractivity (Wildman–Crippen MR) is 41.0 cm³/mol. The van der Waals surface area contributed by atoms with Gasteiger partial charge in [0.15, 0.2) is 5.82 Å². The van der Waals surface area contributed by atoms with Crippen molar-refractivity contribution in [3.63, 3.8) is 0 Å². The van der Waals surface area contributed by atoms with Crippen molar-refractivity contribution >= 4 is 0 Å². The highest BCUT2D eigenvalue weighted by molar-refractivity contribution is 4.76. The lowest BCUT2D eigenvalue weighted by molar-refractivity contribution is 0.658. The van der Waals surface area contributed by atoms with Gasteiger partial charge in [-0.3, -0.25) is 0 Å². The summed E-state index contributed by atoms with van der Waals surface area (Å²) in [5, 5.41) is 16.8. The summed E-state index contributed by atoms with van der Waals surface area (Å²) in [4.78, 5) is 0. The molecule has 1 rings (SSSR count). The zero-order chi connectivity index (χ0) is 7.94. The second kappa shape index (κ2) is 4.79. The highest BCUT2D eigenvalue weighted by Gasteiger charge is 1.95. The van der Waals surface area contributed by atoms with Crippen LogP contribution in [-0.2, 0) is 6.42 Å². The fourth-order valence-corrected chi connectivity index (χ4v) is 0.790. The molecule has 0 aliphatic carbocycles. The second-order valence-corrected chi connectivity index (χ2v) is 2.33. The first-order valence-corrected chi connectivity index (χ1v) is 3.86. The summed E-state index contributed by atoms with van der Waals surface area (Å²) < 4.78 is 0. The van der Waals surface area contributed by atoms with Gasteiger partial charge in [-0.2, -0.15) is 5.21 Å². The Morgan fingerprint density at radius 3 is 3.00 bits per heavy atom. The van der Waals surface area contributed by atoms with Gasteiger partial charge in [0.2, 0.25) is 0 Å². The van der Waals surface area contributed by atoms with Gasteiger partial charge in [0, 0.05) is 13.0 Å². The lowest BCUT2D eigenvalue weighted by Gasteiger charge is -1.97. The van der Waals surface area contributed by atoms with Gasteiger partial charge in [0.05, 0.1) is 0 Å². The van der Waals surface area contributed by atoms with Crippen molar-refractivity contribution in [1.82, 2.24) is 25.9 Å². The minimum absolute atomic E-state index is 0.772. The van der Waals surface area contributed by atoms with Crippen molar-refractivity contribution in [3.05, 3.63) is 5.82 Å². The Labute approximate surface area is 65.6 Å². The summed E-state index contributed by atoms with van der Waals surface area (Å²) in [5.74, 6) is 0.772. The zero-order valence-corrected chi connectivity index (χ0v) is 6.67. The molecule has 0 spiro atoms. The fraction of sp³-hybridized carbons (Fsp3) is 0.833. The van der Waals surface area contributed by atoms with E-state index in [1.807, 2.05) is 0 Å². The molecule has 5 heteroatoms. The zero-order valence-electron chi connectivity index (χ0n) is 6.67. The summed E-state index contributed by atoms with van der Waals surface area (Å²) in [5.41, 5.74) is 0. The van der Waals surface area contributed by atoms with E-state index in [1.54, 1.807) is 0 Å². The quantitative estimate of drug-likeness (QED) is 0.575. The molecule has 1 heterocycles. The molecular weight excluding hydrogens is 142 g/mol. The van der Waals surface area contributed by atoms with Crippen molar-refractivity contribution in [1.29, 1.82) is 0 Å². The topological polar surface area (TPSA) is 66.5 Å². The first kappa shape index (κ1) is 8.13. The van der Waals surface area contributed by atoms with E-state index in [0.717, 1.165) is 31.8 Å². The normalized spacial score (nSPS) is 10.3. The SMILES string of the molecule is CCCNCCc1nn[nH]n1. The number of aromatic amines is 1. The Hall–Kier alpha value is -0.970. The number of hydrogen-bond donors (Lipinski definition) is 2. The Kier molecular flexibility index (Phi) is 3.54. The Bertz CT molecular complexity index is 171. The van der Waals surface area contributed by atoms with E-state index in [2.05, 4.69) is 32.9 Å².